The van der Waals surface area contributed by atoms with E-state index in [-0.39, 0.29) is 26.1 Å². The van der Waals surface area contributed by atoms with E-state index in [0.29, 0.717) is 0 Å². The zero-order valence-electron chi connectivity index (χ0n) is 10.1. The van der Waals surface area contributed by atoms with Crippen LogP contribution in [0.5, 0.6) is 0 Å². The number of benzene rings is 1. The molecule has 0 fully saturated rings. The van der Waals surface area contributed by atoms with Gasteiger partial charge in [0, 0.05) is 0 Å². The molecule has 0 heterocycles. The molecule has 0 radical (unpaired) electrons. The van der Waals surface area contributed by atoms with Crippen molar-refractivity contribution in [1.29, 1.82) is 0 Å². The molecule has 1 rings (SSSR count). The van der Waals surface area contributed by atoms with Crippen molar-refractivity contribution in [2.24, 2.45) is 0 Å². The van der Waals surface area contributed by atoms with Gasteiger partial charge >= 0.3 is 11.9 Å². The highest BCUT2D eigenvalue weighted by molar-refractivity contribution is 5.77. The molecule has 0 N–H and O–H groups in total. The fourth-order valence-electron chi connectivity index (χ4n) is 1.24. The average Bonchev–Trinajstić information content (AvgIpc) is 2.41. The van der Waals surface area contributed by atoms with E-state index in [1.165, 1.54) is 6.08 Å². The van der Waals surface area contributed by atoms with Crippen LogP contribution >= 0.6 is 0 Å². The molecule has 4 nitrogen and oxygen atoms in total. The highest BCUT2D eigenvalue weighted by Crippen LogP contribution is 2.03. The Bertz CT molecular complexity index is 398. The first-order valence-electron chi connectivity index (χ1n) is 5.68. The van der Waals surface area contributed by atoms with Crippen molar-refractivity contribution in [3.8, 4) is 0 Å². The third-order valence-corrected chi connectivity index (χ3v) is 2.14. The third kappa shape index (κ3) is 5.84. The fourth-order valence-corrected chi connectivity index (χ4v) is 1.24. The summed E-state index contributed by atoms with van der Waals surface area (Å²) in [5.41, 5.74) is 0.917. The Hall–Kier alpha value is -2.10. The van der Waals surface area contributed by atoms with Gasteiger partial charge in [-0.3, -0.25) is 9.59 Å². The predicted molar refractivity (Wildman–Crippen MR) is 66.6 cm³/mol. The van der Waals surface area contributed by atoms with Gasteiger partial charge in [-0.2, -0.15) is 0 Å². The van der Waals surface area contributed by atoms with Crippen molar-refractivity contribution in [1.82, 2.24) is 0 Å². The summed E-state index contributed by atoms with van der Waals surface area (Å²) in [6.45, 7) is 3.81. The molecule has 0 aliphatic rings. The van der Waals surface area contributed by atoms with Crippen molar-refractivity contribution < 1.29 is 19.1 Å². The van der Waals surface area contributed by atoms with Crippen molar-refractivity contribution in [3.05, 3.63) is 48.6 Å². The highest BCUT2D eigenvalue weighted by Gasteiger charge is 2.08. The lowest BCUT2D eigenvalue weighted by molar-refractivity contribution is -0.150. The molecule has 0 saturated carbocycles. The Morgan fingerprint density at radius 1 is 1.06 bits per heavy atom. The Kier molecular flexibility index (Phi) is 6.25. The molecule has 0 bridgehead atoms. The van der Waals surface area contributed by atoms with Crippen LogP contribution in [0.1, 0.15) is 18.4 Å². The highest BCUT2D eigenvalue weighted by atomic mass is 16.5. The van der Waals surface area contributed by atoms with Crippen LogP contribution in [0.25, 0.3) is 0 Å². The van der Waals surface area contributed by atoms with Gasteiger partial charge in [-0.1, -0.05) is 43.0 Å². The minimum Gasteiger partial charge on any atom is -0.461 e. The van der Waals surface area contributed by atoms with Crippen LogP contribution in [0.4, 0.5) is 0 Å². The molecule has 0 aliphatic carbocycles. The molecule has 0 spiro atoms. The largest absolute Gasteiger partial charge is 0.461 e. The predicted octanol–water partition coefficient (Wildman–Crippen LogP) is 2.24. The lowest BCUT2D eigenvalue weighted by atomic mass is 10.2. The van der Waals surface area contributed by atoms with Gasteiger partial charge in [0.15, 0.2) is 0 Å². The van der Waals surface area contributed by atoms with Gasteiger partial charge < -0.3 is 9.47 Å². The van der Waals surface area contributed by atoms with E-state index in [1.807, 2.05) is 30.3 Å². The van der Waals surface area contributed by atoms with Crippen molar-refractivity contribution in [3.63, 3.8) is 0 Å². The van der Waals surface area contributed by atoms with Crippen LogP contribution in [0.15, 0.2) is 43.0 Å². The fraction of sp³-hybridized carbons (Fsp3) is 0.286. The molecule has 1 aromatic rings. The van der Waals surface area contributed by atoms with E-state index in [1.54, 1.807) is 0 Å². The first-order valence-corrected chi connectivity index (χ1v) is 5.68. The Labute approximate surface area is 106 Å². The summed E-state index contributed by atoms with van der Waals surface area (Å²) in [7, 11) is 0. The van der Waals surface area contributed by atoms with Gasteiger partial charge in [0.05, 0.1) is 12.8 Å². The number of hydrogen-bond donors (Lipinski definition) is 0. The lowest BCUT2D eigenvalue weighted by Crippen LogP contribution is -2.10. The molecule has 96 valence electrons. The summed E-state index contributed by atoms with van der Waals surface area (Å²) in [6.07, 6.45) is 1.54. The first-order chi connectivity index (χ1) is 8.72. The number of hydrogen-bond acceptors (Lipinski definition) is 4. The lowest BCUT2D eigenvalue weighted by Gasteiger charge is -2.04. The molecular formula is C14H16O4. The molecule has 0 unspecified atom stereocenters. The SMILES string of the molecule is C=CCOC(=O)CCC(=O)OCc1ccccc1. The number of rotatable bonds is 7. The molecule has 1 aromatic carbocycles. The van der Waals surface area contributed by atoms with Gasteiger partial charge in [0.1, 0.15) is 13.2 Å². The third-order valence-electron chi connectivity index (χ3n) is 2.14. The van der Waals surface area contributed by atoms with E-state index in [9.17, 15) is 9.59 Å². The summed E-state index contributed by atoms with van der Waals surface area (Å²) in [5, 5.41) is 0. The maximum absolute atomic E-state index is 11.3. The maximum Gasteiger partial charge on any atom is 0.306 e. The van der Waals surface area contributed by atoms with E-state index >= 15 is 0 Å². The molecule has 0 aliphatic heterocycles. The summed E-state index contributed by atoms with van der Waals surface area (Å²) < 4.78 is 9.76. The van der Waals surface area contributed by atoms with Crippen LogP contribution in [0.3, 0.4) is 0 Å². The average molecular weight is 248 g/mol. The molecule has 0 amide bonds. The number of carbonyl (C=O) groups excluding carboxylic acids is 2. The van der Waals surface area contributed by atoms with Crippen LogP contribution < -0.4 is 0 Å². The molecule has 0 saturated heterocycles. The van der Waals surface area contributed by atoms with Crippen LogP contribution in [-0.4, -0.2) is 18.5 Å². The second-order valence-corrected chi connectivity index (χ2v) is 3.62. The number of ether oxygens (including phenoxy) is 2. The zero-order chi connectivity index (χ0) is 13.2. The minimum atomic E-state index is -0.424. The van der Waals surface area contributed by atoms with Crippen LogP contribution in [0, 0.1) is 0 Å². The van der Waals surface area contributed by atoms with Crippen LogP contribution in [0.2, 0.25) is 0 Å². The van der Waals surface area contributed by atoms with Gasteiger partial charge in [-0.25, -0.2) is 0 Å². The molecule has 0 aromatic heterocycles. The minimum absolute atomic E-state index is 0.0292. The summed E-state index contributed by atoms with van der Waals surface area (Å²) in [5.74, 6) is -0.832. The standard InChI is InChI=1S/C14H16O4/c1-2-10-17-13(15)8-9-14(16)18-11-12-6-4-3-5-7-12/h2-7H,1,8-11H2. The topological polar surface area (TPSA) is 52.6 Å². The summed E-state index contributed by atoms with van der Waals surface area (Å²) in [4.78, 5) is 22.4. The Morgan fingerprint density at radius 3 is 2.28 bits per heavy atom. The molecule has 18 heavy (non-hydrogen) atoms. The summed E-state index contributed by atoms with van der Waals surface area (Å²) in [6, 6.07) is 9.36. The summed E-state index contributed by atoms with van der Waals surface area (Å²) >= 11 is 0. The normalized spacial score (nSPS) is 9.56. The van der Waals surface area contributed by atoms with Gasteiger partial charge in [-0.15, -0.1) is 0 Å². The van der Waals surface area contributed by atoms with E-state index in [0.717, 1.165) is 5.56 Å². The van der Waals surface area contributed by atoms with Gasteiger partial charge in [-0.05, 0) is 5.56 Å². The quantitative estimate of drug-likeness (QED) is 0.548. The molecule has 4 heteroatoms. The second kappa shape index (κ2) is 8.06. The zero-order valence-corrected chi connectivity index (χ0v) is 10.1. The van der Waals surface area contributed by atoms with E-state index < -0.39 is 11.9 Å². The van der Waals surface area contributed by atoms with Crippen molar-refractivity contribution >= 4 is 11.9 Å². The van der Waals surface area contributed by atoms with Gasteiger partial charge in [0.2, 0.25) is 0 Å². The number of carbonyl (C=O) groups is 2. The Morgan fingerprint density at radius 2 is 1.67 bits per heavy atom. The van der Waals surface area contributed by atoms with Crippen molar-refractivity contribution in [2.75, 3.05) is 6.61 Å². The maximum atomic E-state index is 11.3. The van der Waals surface area contributed by atoms with E-state index in [2.05, 4.69) is 6.58 Å². The monoisotopic (exact) mass is 248 g/mol. The Balaban J connectivity index is 2.18. The molecule has 0 atom stereocenters. The second-order valence-electron chi connectivity index (χ2n) is 3.62. The number of esters is 2. The first kappa shape index (κ1) is 14.0. The molecular weight excluding hydrogens is 232 g/mol. The van der Waals surface area contributed by atoms with Crippen LogP contribution in [-0.2, 0) is 25.7 Å². The smallest absolute Gasteiger partial charge is 0.306 e. The van der Waals surface area contributed by atoms with Gasteiger partial charge in [0.25, 0.3) is 0 Å². The van der Waals surface area contributed by atoms with Crippen molar-refractivity contribution in [2.45, 2.75) is 19.4 Å². The van der Waals surface area contributed by atoms with E-state index in [4.69, 9.17) is 9.47 Å².